The summed E-state index contributed by atoms with van der Waals surface area (Å²) in [6.07, 6.45) is 5.89. The van der Waals surface area contributed by atoms with E-state index in [1.54, 1.807) is 6.07 Å². The molecule has 5 nitrogen and oxygen atoms in total. The number of carbonyl (C=O) groups excluding carboxylic acids is 1. The molecule has 2 aliphatic carbocycles. The van der Waals surface area contributed by atoms with Gasteiger partial charge in [-0.2, -0.15) is 0 Å². The quantitative estimate of drug-likeness (QED) is 0.189. The van der Waals surface area contributed by atoms with E-state index in [2.05, 4.69) is 35.6 Å². The van der Waals surface area contributed by atoms with Crippen molar-refractivity contribution in [1.82, 2.24) is 9.55 Å². The smallest absolute Gasteiger partial charge is 0.258 e. The van der Waals surface area contributed by atoms with E-state index in [-0.39, 0.29) is 22.6 Å². The van der Waals surface area contributed by atoms with Crippen molar-refractivity contribution in [3.05, 3.63) is 110 Å². The molecule has 7 heteroatoms. The van der Waals surface area contributed by atoms with Gasteiger partial charge in [0.05, 0.1) is 17.0 Å². The van der Waals surface area contributed by atoms with Gasteiger partial charge in [-0.25, -0.2) is 4.98 Å². The maximum Gasteiger partial charge on any atom is 0.258 e. The van der Waals surface area contributed by atoms with Gasteiger partial charge in [-0.15, -0.1) is 0 Å². The van der Waals surface area contributed by atoms with E-state index in [0.29, 0.717) is 28.8 Å². The van der Waals surface area contributed by atoms with Gasteiger partial charge in [0.1, 0.15) is 0 Å². The predicted octanol–water partition coefficient (Wildman–Crippen LogP) is 7.21. The number of thioether (sulfide) groups is 1. The van der Waals surface area contributed by atoms with Crippen molar-refractivity contribution in [2.45, 2.75) is 62.6 Å². The molecule has 3 aromatic carbocycles. The van der Waals surface area contributed by atoms with E-state index < -0.39 is 0 Å². The van der Waals surface area contributed by atoms with E-state index in [4.69, 9.17) is 16.6 Å². The molecular weight excluding hydrogens is 538 g/mol. The van der Waals surface area contributed by atoms with Crippen LogP contribution in [0.1, 0.15) is 47.9 Å². The summed E-state index contributed by atoms with van der Waals surface area (Å²) in [4.78, 5) is 32.6. The maximum absolute atomic E-state index is 14.4. The van der Waals surface area contributed by atoms with E-state index in [1.807, 2.05) is 47.9 Å². The summed E-state index contributed by atoms with van der Waals surface area (Å²) in [7, 11) is 0. The molecule has 0 saturated heterocycles. The number of fused-ring (bicyclic) bond motifs is 4. The molecule has 0 radical (unpaired) electrons. The SMILES string of the molecule is Cc1c(Cl)cccc1NC(=O)CSc1nc2c(c(=O)n1CCc1ccccc1)C1(CCCC1)Cc1ccccc1-2. The number of anilines is 1. The van der Waals surface area contributed by atoms with Crippen LogP contribution in [0, 0.1) is 6.92 Å². The lowest BCUT2D eigenvalue weighted by Gasteiger charge is -2.36. The van der Waals surface area contributed by atoms with Crippen molar-refractivity contribution < 1.29 is 4.79 Å². The number of amides is 1. The third-order valence-corrected chi connectivity index (χ3v) is 9.75. The maximum atomic E-state index is 14.4. The number of nitrogens with zero attached hydrogens (tertiary/aromatic N) is 2. The highest BCUT2D eigenvalue weighted by Crippen LogP contribution is 2.50. The highest BCUT2D eigenvalue weighted by atomic mass is 35.5. The van der Waals surface area contributed by atoms with Crippen LogP contribution in [0.25, 0.3) is 11.3 Å². The van der Waals surface area contributed by atoms with Crippen LogP contribution >= 0.6 is 23.4 Å². The van der Waals surface area contributed by atoms with Crippen LogP contribution in [-0.4, -0.2) is 21.2 Å². The molecule has 204 valence electrons. The minimum atomic E-state index is -0.162. The summed E-state index contributed by atoms with van der Waals surface area (Å²) >= 11 is 7.57. The van der Waals surface area contributed by atoms with Gasteiger partial charge in [-0.3, -0.25) is 14.2 Å². The third kappa shape index (κ3) is 5.11. The second-order valence-electron chi connectivity index (χ2n) is 10.9. The molecule has 2 aliphatic rings. The lowest BCUT2D eigenvalue weighted by atomic mass is 9.68. The minimum absolute atomic E-state index is 0.0472. The number of nitrogens with one attached hydrogen (secondary N) is 1. The number of carbonyl (C=O) groups is 1. The highest BCUT2D eigenvalue weighted by Gasteiger charge is 2.44. The molecule has 1 fully saturated rings. The number of aromatic nitrogens is 2. The predicted molar refractivity (Wildman–Crippen MR) is 163 cm³/mol. The monoisotopic (exact) mass is 569 g/mol. The Morgan fingerprint density at radius 1 is 1.02 bits per heavy atom. The van der Waals surface area contributed by atoms with Gasteiger partial charge >= 0.3 is 0 Å². The fraction of sp³-hybridized carbons (Fsp3) is 0.303. The average Bonchev–Trinajstić information content (AvgIpc) is 3.42. The summed E-state index contributed by atoms with van der Waals surface area (Å²) in [6.45, 7) is 2.39. The first-order chi connectivity index (χ1) is 19.4. The van der Waals surface area contributed by atoms with Crippen molar-refractivity contribution in [2.75, 3.05) is 11.1 Å². The Labute approximate surface area is 244 Å². The second kappa shape index (κ2) is 11.3. The van der Waals surface area contributed by atoms with Gasteiger partial charge in [-0.05, 0) is 61.4 Å². The fourth-order valence-corrected chi connectivity index (χ4v) is 7.29. The number of rotatable bonds is 7. The Hall–Kier alpha value is -3.35. The van der Waals surface area contributed by atoms with Crippen LogP contribution in [0.15, 0.2) is 82.7 Å². The molecule has 6 rings (SSSR count). The minimum Gasteiger partial charge on any atom is -0.325 e. The van der Waals surface area contributed by atoms with Gasteiger partial charge in [0.2, 0.25) is 5.91 Å². The number of aryl methyl sites for hydroxylation is 1. The Kier molecular flexibility index (Phi) is 7.56. The number of benzene rings is 3. The summed E-state index contributed by atoms with van der Waals surface area (Å²) < 4.78 is 1.82. The standard InChI is InChI=1S/C33H32ClN3O2S/c1-22-26(34)14-9-15-27(22)35-28(38)21-40-32-36-30-25-13-6-5-12-24(25)20-33(17-7-8-18-33)29(30)31(39)37(32)19-16-23-10-3-2-4-11-23/h2-6,9-15H,7-8,16-21H2,1H3,(H,35,38). The third-order valence-electron chi connectivity index (χ3n) is 8.37. The first-order valence-electron chi connectivity index (χ1n) is 13.9. The van der Waals surface area contributed by atoms with E-state index in [0.717, 1.165) is 60.1 Å². The Morgan fingerprint density at radius 2 is 1.77 bits per heavy atom. The topological polar surface area (TPSA) is 64.0 Å². The molecule has 0 bridgehead atoms. The Bertz CT molecular complexity index is 1630. The van der Waals surface area contributed by atoms with E-state index >= 15 is 0 Å². The van der Waals surface area contributed by atoms with Crippen LogP contribution in [0.2, 0.25) is 5.02 Å². The average molecular weight is 570 g/mol. The lowest BCUT2D eigenvalue weighted by Crippen LogP contribution is -2.40. The van der Waals surface area contributed by atoms with Crippen molar-refractivity contribution in [3.8, 4) is 11.3 Å². The first kappa shape index (κ1) is 26.9. The molecule has 1 spiro atoms. The van der Waals surface area contributed by atoms with Crippen LogP contribution in [0.5, 0.6) is 0 Å². The summed E-state index contributed by atoms with van der Waals surface area (Å²) in [5.74, 6) is -0.0282. The molecule has 1 amide bonds. The van der Waals surface area contributed by atoms with Crippen molar-refractivity contribution >= 4 is 35.0 Å². The number of hydrogen-bond acceptors (Lipinski definition) is 4. The van der Waals surface area contributed by atoms with E-state index in [9.17, 15) is 9.59 Å². The summed E-state index contributed by atoms with van der Waals surface area (Å²) in [5.41, 5.74) is 6.55. The van der Waals surface area contributed by atoms with Gasteiger partial charge in [0.15, 0.2) is 5.16 Å². The van der Waals surface area contributed by atoms with Crippen LogP contribution in [-0.2, 0) is 29.6 Å². The Balaban J connectivity index is 1.38. The largest absolute Gasteiger partial charge is 0.325 e. The van der Waals surface area contributed by atoms with Crippen LogP contribution in [0.4, 0.5) is 5.69 Å². The normalized spacial score (nSPS) is 15.1. The molecule has 1 N–H and O–H groups in total. The van der Waals surface area contributed by atoms with Gasteiger partial charge in [0.25, 0.3) is 5.56 Å². The van der Waals surface area contributed by atoms with Gasteiger partial charge in [0, 0.05) is 28.2 Å². The zero-order valence-corrected chi connectivity index (χ0v) is 24.2. The zero-order valence-electron chi connectivity index (χ0n) is 22.6. The molecule has 4 aromatic rings. The van der Waals surface area contributed by atoms with Crippen molar-refractivity contribution in [2.24, 2.45) is 0 Å². The summed E-state index contributed by atoms with van der Waals surface area (Å²) in [6, 6.07) is 24.0. The van der Waals surface area contributed by atoms with Gasteiger partial charge in [-0.1, -0.05) is 96.9 Å². The number of halogens is 1. The zero-order chi connectivity index (χ0) is 27.7. The van der Waals surface area contributed by atoms with Crippen LogP contribution in [0.3, 0.4) is 0 Å². The molecule has 0 unspecified atom stereocenters. The summed E-state index contributed by atoms with van der Waals surface area (Å²) in [5, 5.41) is 4.16. The Morgan fingerprint density at radius 3 is 2.58 bits per heavy atom. The molecule has 40 heavy (non-hydrogen) atoms. The van der Waals surface area contributed by atoms with E-state index in [1.165, 1.54) is 17.3 Å². The van der Waals surface area contributed by atoms with Crippen LogP contribution < -0.4 is 10.9 Å². The molecule has 0 aliphatic heterocycles. The molecule has 1 heterocycles. The van der Waals surface area contributed by atoms with Gasteiger partial charge < -0.3 is 5.32 Å². The fourth-order valence-electron chi connectivity index (χ4n) is 6.30. The lowest BCUT2D eigenvalue weighted by molar-refractivity contribution is -0.113. The molecule has 1 aromatic heterocycles. The van der Waals surface area contributed by atoms with Crippen molar-refractivity contribution in [3.63, 3.8) is 0 Å². The molecule has 1 saturated carbocycles. The molecular formula is C33H32ClN3O2S. The van der Waals surface area contributed by atoms with Crippen molar-refractivity contribution in [1.29, 1.82) is 0 Å². The first-order valence-corrected chi connectivity index (χ1v) is 15.3. The number of hydrogen-bond donors (Lipinski definition) is 1. The highest BCUT2D eigenvalue weighted by molar-refractivity contribution is 7.99. The molecule has 0 atom stereocenters. The second-order valence-corrected chi connectivity index (χ2v) is 12.2.